The third-order valence-electron chi connectivity index (χ3n) is 8.20. The van der Waals surface area contributed by atoms with Gasteiger partial charge in [0.1, 0.15) is 0 Å². The zero-order chi connectivity index (χ0) is 25.1. The molecule has 5 rings (SSSR count). The Balaban J connectivity index is 1.74. The van der Waals surface area contributed by atoms with Crippen molar-refractivity contribution in [3.63, 3.8) is 0 Å². The van der Waals surface area contributed by atoms with Crippen LogP contribution in [0.4, 0.5) is 13.2 Å². The van der Waals surface area contributed by atoms with Crippen molar-refractivity contribution in [1.29, 1.82) is 5.26 Å². The molecule has 0 aliphatic heterocycles. The maximum absolute atomic E-state index is 13.5. The Morgan fingerprint density at radius 3 is 2.40 bits per heavy atom. The summed E-state index contributed by atoms with van der Waals surface area (Å²) >= 11 is 0. The van der Waals surface area contributed by atoms with Crippen LogP contribution in [0.25, 0.3) is 0 Å². The minimum Gasteiger partial charge on any atom is -0.388 e. The number of aliphatic hydroxyl groups excluding tert-OH is 2. The van der Waals surface area contributed by atoms with Crippen LogP contribution in [0.1, 0.15) is 128 Å². The van der Waals surface area contributed by atoms with E-state index in [4.69, 9.17) is 4.98 Å². The van der Waals surface area contributed by atoms with Crippen LogP contribution < -0.4 is 0 Å². The number of pyridine rings is 1. The summed E-state index contributed by atoms with van der Waals surface area (Å²) in [6.45, 7) is 4.08. The molecule has 0 amide bonds. The molecular formula is C28H31F3N2O2. The minimum atomic E-state index is -4.61. The summed E-state index contributed by atoms with van der Waals surface area (Å²) in [5.41, 5.74) is 3.40. The number of hydrogen-bond acceptors (Lipinski definition) is 4. The van der Waals surface area contributed by atoms with E-state index in [1.165, 1.54) is 12.1 Å². The van der Waals surface area contributed by atoms with Crippen molar-refractivity contribution < 1.29 is 23.4 Å². The maximum atomic E-state index is 13.5. The first-order chi connectivity index (χ1) is 16.5. The number of alkyl halides is 3. The van der Waals surface area contributed by atoms with E-state index >= 15 is 0 Å². The lowest BCUT2D eigenvalue weighted by atomic mass is 9.72. The molecule has 0 radical (unpaired) electrons. The predicted octanol–water partition coefficient (Wildman–Crippen LogP) is 6.59. The summed E-state index contributed by atoms with van der Waals surface area (Å²) in [4.78, 5) is 5.08. The van der Waals surface area contributed by atoms with Gasteiger partial charge in [0.2, 0.25) is 0 Å². The average molecular weight is 485 g/mol. The van der Waals surface area contributed by atoms with Gasteiger partial charge in [0, 0.05) is 22.9 Å². The third-order valence-corrected chi connectivity index (χ3v) is 8.20. The lowest BCUT2D eigenvalue weighted by Gasteiger charge is -2.37. The molecule has 35 heavy (non-hydrogen) atoms. The zero-order valence-corrected chi connectivity index (χ0v) is 20.1. The van der Waals surface area contributed by atoms with E-state index in [2.05, 4.69) is 0 Å². The quantitative estimate of drug-likeness (QED) is 0.504. The fourth-order valence-corrected chi connectivity index (χ4v) is 6.30. The van der Waals surface area contributed by atoms with Gasteiger partial charge in [-0.05, 0) is 78.7 Å². The Hall–Kier alpha value is -2.43. The summed E-state index contributed by atoms with van der Waals surface area (Å²) in [6, 6.07) is 5.54. The molecule has 2 aromatic rings. The molecule has 186 valence electrons. The second kappa shape index (κ2) is 8.60. The molecule has 3 atom stereocenters. The molecule has 3 unspecified atom stereocenters. The van der Waals surface area contributed by atoms with E-state index in [0.29, 0.717) is 24.8 Å². The molecule has 2 N–H and O–H groups in total. The van der Waals surface area contributed by atoms with Crippen LogP contribution in [0.3, 0.4) is 0 Å². The predicted molar refractivity (Wildman–Crippen MR) is 125 cm³/mol. The SMILES string of the molecule is CC(C)c1nc2c(c3c1C(c1ccc(C(F)(F)F)c(C#N)c1)CCCCC3O)C(O)CC1(CC1)C2. The van der Waals surface area contributed by atoms with Gasteiger partial charge >= 0.3 is 6.18 Å². The third kappa shape index (κ3) is 4.25. The van der Waals surface area contributed by atoms with Crippen molar-refractivity contribution in [3.8, 4) is 6.07 Å². The highest BCUT2D eigenvalue weighted by molar-refractivity contribution is 5.53. The Labute approximate surface area is 203 Å². The van der Waals surface area contributed by atoms with Gasteiger partial charge in [-0.3, -0.25) is 4.98 Å². The van der Waals surface area contributed by atoms with Crippen LogP contribution >= 0.6 is 0 Å². The number of benzene rings is 1. The maximum Gasteiger partial charge on any atom is 0.417 e. The van der Waals surface area contributed by atoms with E-state index in [1.807, 2.05) is 13.8 Å². The Morgan fingerprint density at radius 2 is 1.77 bits per heavy atom. The van der Waals surface area contributed by atoms with Crippen molar-refractivity contribution in [2.24, 2.45) is 5.41 Å². The van der Waals surface area contributed by atoms with E-state index in [-0.39, 0.29) is 17.3 Å². The highest BCUT2D eigenvalue weighted by atomic mass is 19.4. The smallest absolute Gasteiger partial charge is 0.388 e. The van der Waals surface area contributed by atoms with Crippen LogP contribution in [0, 0.1) is 16.7 Å². The van der Waals surface area contributed by atoms with E-state index < -0.39 is 29.5 Å². The van der Waals surface area contributed by atoms with Crippen molar-refractivity contribution in [2.75, 3.05) is 0 Å². The van der Waals surface area contributed by atoms with Crippen LogP contribution in [-0.4, -0.2) is 15.2 Å². The first-order valence-corrected chi connectivity index (χ1v) is 12.6. The molecule has 0 bridgehead atoms. The van der Waals surface area contributed by atoms with Gasteiger partial charge < -0.3 is 10.2 Å². The van der Waals surface area contributed by atoms with Crippen LogP contribution in [0.2, 0.25) is 0 Å². The first kappa shape index (κ1) is 24.3. The first-order valence-electron chi connectivity index (χ1n) is 12.6. The molecule has 4 nitrogen and oxygen atoms in total. The van der Waals surface area contributed by atoms with Crippen LogP contribution in [0.5, 0.6) is 0 Å². The monoisotopic (exact) mass is 484 g/mol. The molecule has 1 aromatic carbocycles. The molecule has 1 saturated carbocycles. The normalized spacial score (nSPS) is 25.4. The molecular weight excluding hydrogens is 453 g/mol. The Kier molecular flexibility index (Phi) is 5.96. The highest BCUT2D eigenvalue weighted by Gasteiger charge is 2.50. The number of fused-ring (bicyclic) bond motifs is 3. The van der Waals surface area contributed by atoms with Gasteiger partial charge in [0.15, 0.2) is 0 Å². The summed E-state index contributed by atoms with van der Waals surface area (Å²) in [5.74, 6) is -0.282. The minimum absolute atomic E-state index is 0.0299. The summed E-state index contributed by atoms with van der Waals surface area (Å²) in [5, 5.41) is 32.1. The molecule has 3 aliphatic rings. The molecule has 1 fully saturated rings. The molecule has 1 heterocycles. The second-order valence-corrected chi connectivity index (χ2v) is 11.0. The number of nitrogens with zero attached hydrogens (tertiary/aromatic N) is 2. The van der Waals surface area contributed by atoms with Crippen molar-refractivity contribution in [3.05, 3.63) is 63.0 Å². The van der Waals surface area contributed by atoms with Gasteiger partial charge in [0.05, 0.1) is 29.4 Å². The van der Waals surface area contributed by atoms with Crippen molar-refractivity contribution in [1.82, 2.24) is 4.98 Å². The van der Waals surface area contributed by atoms with E-state index in [9.17, 15) is 28.6 Å². The molecule has 1 spiro atoms. The number of hydrogen-bond donors (Lipinski definition) is 2. The number of rotatable bonds is 2. The topological polar surface area (TPSA) is 77.1 Å². The standard InChI is InChI=1S/C28H31F3N2O2/c1-15(2)26-23-18(16-7-8-19(28(29,30)31)17(11-16)14-32)5-3-4-6-21(34)25(23)24-20(33-26)12-27(9-10-27)13-22(24)35/h7-8,11,15,18,21-22,34-35H,3-6,9-10,12-13H2,1-2H3. The fraction of sp³-hybridized carbons (Fsp3) is 0.571. The highest BCUT2D eigenvalue weighted by Crippen LogP contribution is 2.59. The van der Waals surface area contributed by atoms with Crippen molar-refractivity contribution >= 4 is 0 Å². The van der Waals surface area contributed by atoms with Gasteiger partial charge in [0.25, 0.3) is 0 Å². The Bertz CT molecular complexity index is 1190. The fourth-order valence-electron chi connectivity index (χ4n) is 6.30. The van der Waals surface area contributed by atoms with E-state index in [1.54, 1.807) is 6.07 Å². The van der Waals surface area contributed by atoms with Gasteiger partial charge in [-0.15, -0.1) is 0 Å². The van der Waals surface area contributed by atoms with Gasteiger partial charge in [-0.2, -0.15) is 18.4 Å². The summed E-state index contributed by atoms with van der Waals surface area (Å²) in [6.07, 6.45) is 0.342. The number of aromatic nitrogens is 1. The zero-order valence-electron chi connectivity index (χ0n) is 20.1. The second-order valence-electron chi connectivity index (χ2n) is 11.0. The van der Waals surface area contributed by atoms with Gasteiger partial charge in [-0.1, -0.05) is 32.8 Å². The van der Waals surface area contributed by atoms with Crippen LogP contribution in [0.15, 0.2) is 18.2 Å². The lowest BCUT2D eigenvalue weighted by Crippen LogP contribution is -2.28. The summed E-state index contributed by atoms with van der Waals surface area (Å²) < 4.78 is 40.4. The van der Waals surface area contributed by atoms with Crippen LogP contribution in [-0.2, 0) is 12.6 Å². The van der Waals surface area contributed by atoms with Gasteiger partial charge in [-0.25, -0.2) is 0 Å². The molecule has 7 heteroatoms. The van der Waals surface area contributed by atoms with E-state index in [0.717, 1.165) is 66.2 Å². The largest absolute Gasteiger partial charge is 0.417 e. The number of nitriles is 1. The molecule has 3 aliphatic carbocycles. The summed E-state index contributed by atoms with van der Waals surface area (Å²) in [7, 11) is 0. The average Bonchev–Trinajstić information content (AvgIpc) is 3.53. The molecule has 0 saturated heterocycles. The molecule has 1 aromatic heterocycles. The number of halogens is 3. The lowest BCUT2D eigenvalue weighted by molar-refractivity contribution is -0.137. The number of aliphatic hydroxyl groups is 2. The Morgan fingerprint density at radius 1 is 1.06 bits per heavy atom. The van der Waals surface area contributed by atoms with Crippen molar-refractivity contribution in [2.45, 2.75) is 95.4 Å².